The summed E-state index contributed by atoms with van der Waals surface area (Å²) in [4.78, 5) is 0. The van der Waals surface area contributed by atoms with Crippen LogP contribution in [-0.2, 0) is 0 Å². The molecule has 4 aromatic carbocycles. The zero-order valence-electron chi connectivity index (χ0n) is 13.2. The molecular formula is C20H12Br2O4. The molecule has 6 heteroatoms. The second kappa shape index (κ2) is 6.07. The summed E-state index contributed by atoms with van der Waals surface area (Å²) in [5.41, 5.74) is 0.496. The first kappa shape index (κ1) is 17.0. The van der Waals surface area contributed by atoms with Gasteiger partial charge in [0.25, 0.3) is 0 Å². The number of benzene rings is 4. The average Bonchev–Trinajstić information content (AvgIpc) is 2.61. The van der Waals surface area contributed by atoms with E-state index < -0.39 is 0 Å². The van der Waals surface area contributed by atoms with Crippen molar-refractivity contribution in [1.82, 2.24) is 0 Å². The number of phenolic OH excluding ortho intramolecular Hbond substituents is 4. The van der Waals surface area contributed by atoms with Crippen LogP contribution in [-0.4, -0.2) is 20.4 Å². The normalized spacial score (nSPS) is 11.3. The van der Waals surface area contributed by atoms with E-state index in [4.69, 9.17) is 0 Å². The van der Waals surface area contributed by atoms with Gasteiger partial charge in [-0.3, -0.25) is 0 Å². The Morgan fingerprint density at radius 1 is 0.538 bits per heavy atom. The molecule has 4 N–H and O–H groups in total. The van der Waals surface area contributed by atoms with Crippen molar-refractivity contribution in [2.24, 2.45) is 0 Å². The van der Waals surface area contributed by atoms with Gasteiger partial charge in [-0.2, -0.15) is 0 Å². The molecule has 4 aromatic rings. The molecule has 0 aliphatic heterocycles. The zero-order chi connectivity index (χ0) is 18.6. The van der Waals surface area contributed by atoms with Gasteiger partial charge in [-0.15, -0.1) is 0 Å². The SMILES string of the molecule is Oc1cc2c(Br)cccc2c(-c2c(O)c(O)cc3c(Br)cccc23)c1O. The minimum absolute atomic E-state index is 0.248. The Hall–Kier alpha value is -2.44. The summed E-state index contributed by atoms with van der Waals surface area (Å²) in [7, 11) is 0. The molecule has 0 bridgehead atoms. The fourth-order valence-electron chi connectivity index (χ4n) is 3.23. The van der Waals surface area contributed by atoms with E-state index in [0.29, 0.717) is 21.5 Å². The lowest BCUT2D eigenvalue weighted by Gasteiger charge is -2.17. The number of phenols is 4. The van der Waals surface area contributed by atoms with Gasteiger partial charge in [0.05, 0.1) is 0 Å². The van der Waals surface area contributed by atoms with Gasteiger partial charge in [0, 0.05) is 30.8 Å². The lowest BCUT2D eigenvalue weighted by molar-refractivity contribution is 0.401. The highest BCUT2D eigenvalue weighted by atomic mass is 79.9. The molecule has 0 aromatic heterocycles. The third-order valence-corrected chi connectivity index (χ3v) is 5.80. The monoisotopic (exact) mass is 474 g/mol. The van der Waals surface area contributed by atoms with Crippen LogP contribution in [0.2, 0.25) is 0 Å². The quantitative estimate of drug-likeness (QED) is 0.254. The fraction of sp³-hybridized carbons (Fsp3) is 0. The van der Waals surface area contributed by atoms with Crippen LogP contribution in [0.15, 0.2) is 57.5 Å². The summed E-state index contributed by atoms with van der Waals surface area (Å²) in [5, 5.41) is 44.3. The molecule has 0 aliphatic carbocycles. The van der Waals surface area contributed by atoms with Crippen LogP contribution >= 0.6 is 31.9 Å². The van der Waals surface area contributed by atoms with E-state index in [2.05, 4.69) is 31.9 Å². The van der Waals surface area contributed by atoms with Crippen molar-refractivity contribution in [2.45, 2.75) is 0 Å². The van der Waals surface area contributed by atoms with Gasteiger partial charge in [0.1, 0.15) is 0 Å². The molecule has 0 spiro atoms. The Labute approximate surface area is 165 Å². The van der Waals surface area contributed by atoms with E-state index in [1.54, 1.807) is 24.3 Å². The largest absolute Gasteiger partial charge is 0.504 e. The highest BCUT2D eigenvalue weighted by Crippen LogP contribution is 2.52. The van der Waals surface area contributed by atoms with Crippen LogP contribution in [0.3, 0.4) is 0 Å². The van der Waals surface area contributed by atoms with E-state index in [0.717, 1.165) is 8.95 Å². The smallest absolute Gasteiger partial charge is 0.166 e. The number of hydrogen-bond acceptors (Lipinski definition) is 4. The molecule has 0 saturated heterocycles. The molecule has 0 atom stereocenters. The lowest BCUT2D eigenvalue weighted by atomic mass is 9.91. The third-order valence-electron chi connectivity index (χ3n) is 4.42. The maximum Gasteiger partial charge on any atom is 0.166 e. The molecule has 0 amide bonds. The predicted octanol–water partition coefficient (Wildman–Crippen LogP) is 6.01. The van der Waals surface area contributed by atoms with Gasteiger partial charge < -0.3 is 20.4 Å². The van der Waals surface area contributed by atoms with Crippen LogP contribution < -0.4 is 0 Å². The molecule has 130 valence electrons. The van der Waals surface area contributed by atoms with Gasteiger partial charge in [0.15, 0.2) is 23.0 Å². The molecule has 4 nitrogen and oxygen atoms in total. The van der Waals surface area contributed by atoms with E-state index in [1.807, 2.05) is 12.1 Å². The molecule has 0 aliphatic rings. The number of hydrogen-bond donors (Lipinski definition) is 4. The van der Waals surface area contributed by atoms with Crippen molar-refractivity contribution in [3.05, 3.63) is 57.5 Å². The first-order chi connectivity index (χ1) is 12.4. The van der Waals surface area contributed by atoms with Crippen molar-refractivity contribution >= 4 is 53.4 Å². The van der Waals surface area contributed by atoms with Gasteiger partial charge in [-0.05, 0) is 35.0 Å². The van der Waals surface area contributed by atoms with E-state index >= 15 is 0 Å². The average molecular weight is 476 g/mol. The lowest BCUT2D eigenvalue weighted by Crippen LogP contribution is -1.89. The van der Waals surface area contributed by atoms with E-state index in [-0.39, 0.29) is 34.1 Å². The minimum atomic E-state index is -0.363. The number of fused-ring (bicyclic) bond motifs is 2. The molecule has 4 rings (SSSR count). The number of halogens is 2. The van der Waals surface area contributed by atoms with Crippen LogP contribution in [0.5, 0.6) is 23.0 Å². The van der Waals surface area contributed by atoms with Crippen LogP contribution in [0.1, 0.15) is 0 Å². The molecule has 0 fully saturated rings. The van der Waals surface area contributed by atoms with Crippen LogP contribution in [0.25, 0.3) is 32.7 Å². The molecule has 0 saturated carbocycles. The number of rotatable bonds is 1. The van der Waals surface area contributed by atoms with Gasteiger partial charge in [0.2, 0.25) is 0 Å². The molecule has 0 radical (unpaired) electrons. The predicted molar refractivity (Wildman–Crippen MR) is 109 cm³/mol. The summed E-state index contributed by atoms with van der Waals surface area (Å²) >= 11 is 6.89. The highest BCUT2D eigenvalue weighted by Gasteiger charge is 2.23. The fourth-order valence-corrected chi connectivity index (χ4v) is 4.19. The molecule has 0 heterocycles. The van der Waals surface area contributed by atoms with E-state index in [1.165, 1.54) is 12.1 Å². The summed E-state index contributed by atoms with van der Waals surface area (Å²) in [6.07, 6.45) is 0. The van der Waals surface area contributed by atoms with Crippen molar-refractivity contribution in [3.63, 3.8) is 0 Å². The molecule has 0 unspecified atom stereocenters. The Bertz CT molecular complexity index is 1110. The Morgan fingerprint density at radius 3 is 1.31 bits per heavy atom. The summed E-state index contributed by atoms with van der Waals surface area (Å²) in [6.45, 7) is 0. The molecular weight excluding hydrogens is 464 g/mol. The van der Waals surface area contributed by atoms with Crippen LogP contribution in [0, 0.1) is 0 Å². The molecule has 26 heavy (non-hydrogen) atoms. The Morgan fingerprint density at radius 2 is 0.923 bits per heavy atom. The number of aromatic hydroxyl groups is 4. The maximum atomic E-state index is 10.6. The minimum Gasteiger partial charge on any atom is -0.504 e. The van der Waals surface area contributed by atoms with Gasteiger partial charge in [-0.25, -0.2) is 0 Å². The Balaban J connectivity index is 2.29. The second-order valence-corrected chi connectivity index (χ2v) is 7.62. The highest BCUT2D eigenvalue weighted by molar-refractivity contribution is 9.11. The second-order valence-electron chi connectivity index (χ2n) is 5.91. The van der Waals surface area contributed by atoms with Crippen molar-refractivity contribution in [2.75, 3.05) is 0 Å². The van der Waals surface area contributed by atoms with Crippen LogP contribution in [0.4, 0.5) is 0 Å². The summed E-state index contributed by atoms with van der Waals surface area (Å²) in [5.74, 6) is -1.36. The first-order valence-corrected chi connectivity index (χ1v) is 9.25. The van der Waals surface area contributed by atoms with E-state index in [9.17, 15) is 20.4 Å². The van der Waals surface area contributed by atoms with Crippen molar-refractivity contribution in [1.29, 1.82) is 0 Å². The van der Waals surface area contributed by atoms with Crippen molar-refractivity contribution < 1.29 is 20.4 Å². The van der Waals surface area contributed by atoms with Crippen molar-refractivity contribution in [3.8, 4) is 34.1 Å². The third kappa shape index (κ3) is 2.40. The Kier molecular flexibility index (Phi) is 3.97. The summed E-state index contributed by atoms with van der Waals surface area (Å²) in [6, 6.07) is 13.7. The topological polar surface area (TPSA) is 80.9 Å². The van der Waals surface area contributed by atoms with Gasteiger partial charge >= 0.3 is 0 Å². The maximum absolute atomic E-state index is 10.6. The standard InChI is InChI=1S/C20H12Br2O4/c21-13-5-1-3-9-11(13)7-15(23)19(25)17(9)18-10-4-2-6-14(22)12(10)8-16(24)20(18)26/h1-8,23-26H. The summed E-state index contributed by atoms with van der Waals surface area (Å²) < 4.78 is 1.47. The first-order valence-electron chi connectivity index (χ1n) is 7.67. The zero-order valence-corrected chi connectivity index (χ0v) is 16.3. The van der Waals surface area contributed by atoms with Gasteiger partial charge in [-0.1, -0.05) is 56.1 Å².